The van der Waals surface area contributed by atoms with Crippen molar-refractivity contribution in [1.82, 2.24) is 4.98 Å². The van der Waals surface area contributed by atoms with E-state index in [2.05, 4.69) is 9.72 Å². The molecule has 0 saturated heterocycles. The first-order valence-electron chi connectivity index (χ1n) is 4.17. The standard InChI is InChI=1S/C10H12N2O2/c1-14-10(13)4-2-3-8-5-6-12-9(11)7-8/h2-3,5-7H,4H2,1H3,(H2,11,12). The molecule has 4 nitrogen and oxygen atoms in total. The molecule has 14 heavy (non-hydrogen) atoms. The molecule has 0 bridgehead atoms. The van der Waals surface area contributed by atoms with E-state index < -0.39 is 0 Å². The molecule has 1 heterocycles. The number of carbonyl (C=O) groups is 1. The molecule has 0 aliphatic heterocycles. The molecule has 0 radical (unpaired) electrons. The van der Waals surface area contributed by atoms with Crippen LogP contribution in [-0.4, -0.2) is 18.1 Å². The first-order chi connectivity index (χ1) is 6.72. The van der Waals surface area contributed by atoms with Gasteiger partial charge < -0.3 is 10.5 Å². The monoisotopic (exact) mass is 192 g/mol. The van der Waals surface area contributed by atoms with Crippen molar-refractivity contribution in [2.24, 2.45) is 0 Å². The Balaban J connectivity index is 2.56. The van der Waals surface area contributed by atoms with Crippen LogP contribution in [0, 0.1) is 0 Å². The van der Waals surface area contributed by atoms with Gasteiger partial charge >= 0.3 is 5.97 Å². The van der Waals surface area contributed by atoms with Crippen LogP contribution in [0.4, 0.5) is 5.82 Å². The number of esters is 1. The molecule has 1 aromatic heterocycles. The summed E-state index contributed by atoms with van der Waals surface area (Å²) in [6.45, 7) is 0. The minimum Gasteiger partial charge on any atom is -0.469 e. The average molecular weight is 192 g/mol. The van der Waals surface area contributed by atoms with Gasteiger partial charge in [0, 0.05) is 6.20 Å². The Bertz CT molecular complexity index is 348. The largest absolute Gasteiger partial charge is 0.469 e. The zero-order chi connectivity index (χ0) is 10.4. The molecule has 0 unspecified atom stereocenters. The van der Waals surface area contributed by atoms with Crippen LogP contribution in [0.2, 0.25) is 0 Å². The van der Waals surface area contributed by atoms with Crippen molar-refractivity contribution in [3.8, 4) is 0 Å². The van der Waals surface area contributed by atoms with Crippen LogP contribution < -0.4 is 5.73 Å². The third-order valence-corrected chi connectivity index (χ3v) is 1.63. The topological polar surface area (TPSA) is 65.2 Å². The number of nitrogens with two attached hydrogens (primary N) is 1. The minimum absolute atomic E-state index is 0.261. The molecule has 0 aliphatic rings. The number of hydrogen-bond acceptors (Lipinski definition) is 4. The van der Waals surface area contributed by atoms with Crippen molar-refractivity contribution in [3.05, 3.63) is 30.0 Å². The van der Waals surface area contributed by atoms with E-state index in [1.165, 1.54) is 7.11 Å². The zero-order valence-electron chi connectivity index (χ0n) is 7.93. The molecular weight excluding hydrogens is 180 g/mol. The Morgan fingerprint density at radius 2 is 2.50 bits per heavy atom. The van der Waals surface area contributed by atoms with Gasteiger partial charge in [0.25, 0.3) is 0 Å². The van der Waals surface area contributed by atoms with Gasteiger partial charge in [-0.1, -0.05) is 12.2 Å². The number of nitrogen functional groups attached to an aromatic ring is 1. The first-order valence-corrected chi connectivity index (χ1v) is 4.17. The van der Waals surface area contributed by atoms with Gasteiger partial charge in [-0.15, -0.1) is 0 Å². The molecule has 2 N–H and O–H groups in total. The SMILES string of the molecule is COC(=O)CC=Cc1ccnc(N)c1. The lowest BCUT2D eigenvalue weighted by Crippen LogP contribution is -1.96. The number of pyridine rings is 1. The summed E-state index contributed by atoms with van der Waals surface area (Å²) in [5.41, 5.74) is 6.40. The molecule has 1 rings (SSSR count). The maximum absolute atomic E-state index is 10.8. The van der Waals surface area contributed by atoms with Gasteiger partial charge in [0.05, 0.1) is 13.5 Å². The normalized spacial score (nSPS) is 10.4. The Hall–Kier alpha value is -1.84. The molecule has 0 aliphatic carbocycles. The Morgan fingerprint density at radius 3 is 3.14 bits per heavy atom. The van der Waals surface area contributed by atoms with E-state index in [-0.39, 0.29) is 12.4 Å². The van der Waals surface area contributed by atoms with Crippen LogP contribution in [0.25, 0.3) is 6.08 Å². The highest BCUT2D eigenvalue weighted by atomic mass is 16.5. The molecule has 0 aromatic carbocycles. The summed E-state index contributed by atoms with van der Waals surface area (Å²) in [5, 5.41) is 0. The fourth-order valence-corrected chi connectivity index (χ4v) is 0.944. The maximum Gasteiger partial charge on any atom is 0.309 e. The molecule has 0 atom stereocenters. The van der Waals surface area contributed by atoms with Gasteiger partial charge in [0.2, 0.25) is 0 Å². The van der Waals surface area contributed by atoms with Crippen LogP contribution in [0.3, 0.4) is 0 Å². The third-order valence-electron chi connectivity index (χ3n) is 1.63. The third kappa shape index (κ3) is 3.26. The Kier molecular flexibility index (Phi) is 3.67. The van der Waals surface area contributed by atoms with E-state index in [4.69, 9.17) is 5.73 Å². The fourth-order valence-electron chi connectivity index (χ4n) is 0.944. The van der Waals surface area contributed by atoms with E-state index in [0.29, 0.717) is 5.82 Å². The highest BCUT2D eigenvalue weighted by Gasteiger charge is 1.94. The van der Waals surface area contributed by atoms with Crippen molar-refractivity contribution in [2.75, 3.05) is 12.8 Å². The summed E-state index contributed by atoms with van der Waals surface area (Å²) in [7, 11) is 1.36. The van der Waals surface area contributed by atoms with Crippen molar-refractivity contribution >= 4 is 17.9 Å². The van der Waals surface area contributed by atoms with Gasteiger partial charge in [0.15, 0.2) is 0 Å². The van der Waals surface area contributed by atoms with Crippen molar-refractivity contribution in [3.63, 3.8) is 0 Å². The smallest absolute Gasteiger partial charge is 0.309 e. The molecular formula is C10H12N2O2. The van der Waals surface area contributed by atoms with Gasteiger partial charge in [-0.2, -0.15) is 0 Å². The first kappa shape index (κ1) is 10.2. The van der Waals surface area contributed by atoms with Crippen LogP contribution in [0.5, 0.6) is 0 Å². The van der Waals surface area contributed by atoms with Crippen LogP contribution in [-0.2, 0) is 9.53 Å². The lowest BCUT2D eigenvalue weighted by molar-refractivity contribution is -0.139. The summed E-state index contributed by atoms with van der Waals surface area (Å²) in [6.07, 6.45) is 5.40. The quantitative estimate of drug-likeness (QED) is 0.732. The second-order valence-electron chi connectivity index (χ2n) is 2.70. The minimum atomic E-state index is -0.261. The molecule has 0 fully saturated rings. The molecule has 74 valence electrons. The van der Waals surface area contributed by atoms with Crippen LogP contribution in [0.15, 0.2) is 24.4 Å². The van der Waals surface area contributed by atoms with E-state index in [0.717, 1.165) is 5.56 Å². The zero-order valence-corrected chi connectivity index (χ0v) is 7.93. The van der Waals surface area contributed by atoms with E-state index in [1.54, 1.807) is 24.4 Å². The number of hydrogen-bond donors (Lipinski definition) is 1. The van der Waals surface area contributed by atoms with Gasteiger partial charge in [-0.05, 0) is 17.7 Å². The number of ether oxygens (including phenoxy) is 1. The number of aromatic nitrogens is 1. The summed E-state index contributed by atoms with van der Waals surface area (Å²) >= 11 is 0. The molecule has 0 saturated carbocycles. The highest BCUT2D eigenvalue weighted by molar-refractivity contribution is 5.72. The van der Waals surface area contributed by atoms with Crippen LogP contribution >= 0.6 is 0 Å². The number of methoxy groups -OCH3 is 1. The second-order valence-corrected chi connectivity index (χ2v) is 2.70. The van der Waals surface area contributed by atoms with Gasteiger partial charge in [0.1, 0.15) is 5.82 Å². The summed E-state index contributed by atoms with van der Waals surface area (Å²) < 4.78 is 4.48. The molecule has 4 heteroatoms. The molecule has 0 spiro atoms. The maximum atomic E-state index is 10.8. The number of nitrogens with zero attached hydrogens (tertiary/aromatic N) is 1. The van der Waals surface area contributed by atoms with Crippen molar-refractivity contribution in [1.29, 1.82) is 0 Å². The fraction of sp³-hybridized carbons (Fsp3) is 0.200. The van der Waals surface area contributed by atoms with E-state index in [1.807, 2.05) is 6.07 Å². The number of carbonyl (C=O) groups excluding carboxylic acids is 1. The Labute approximate surface area is 82.4 Å². The summed E-state index contributed by atoms with van der Waals surface area (Å²) in [4.78, 5) is 14.6. The number of rotatable bonds is 3. The summed E-state index contributed by atoms with van der Waals surface area (Å²) in [6, 6.07) is 3.54. The van der Waals surface area contributed by atoms with Crippen molar-refractivity contribution < 1.29 is 9.53 Å². The van der Waals surface area contributed by atoms with Crippen LogP contribution in [0.1, 0.15) is 12.0 Å². The van der Waals surface area contributed by atoms with Gasteiger partial charge in [-0.3, -0.25) is 4.79 Å². The molecule has 0 amide bonds. The van der Waals surface area contributed by atoms with E-state index in [9.17, 15) is 4.79 Å². The lowest BCUT2D eigenvalue weighted by atomic mass is 10.2. The average Bonchev–Trinajstić information content (AvgIpc) is 2.17. The van der Waals surface area contributed by atoms with Crippen molar-refractivity contribution in [2.45, 2.75) is 6.42 Å². The van der Waals surface area contributed by atoms with E-state index >= 15 is 0 Å². The summed E-state index contributed by atoms with van der Waals surface area (Å²) in [5.74, 6) is 0.202. The molecule has 1 aromatic rings. The second kappa shape index (κ2) is 5.01. The predicted molar refractivity (Wildman–Crippen MR) is 54.3 cm³/mol. The Morgan fingerprint density at radius 1 is 1.71 bits per heavy atom. The van der Waals surface area contributed by atoms with Gasteiger partial charge in [-0.25, -0.2) is 4.98 Å². The number of anilines is 1. The highest BCUT2D eigenvalue weighted by Crippen LogP contribution is 2.05. The lowest BCUT2D eigenvalue weighted by Gasteiger charge is -1.95. The predicted octanol–water partition coefficient (Wildman–Crippen LogP) is 1.24.